The number of nitrogens with zero attached hydrogens (tertiary/aromatic N) is 2. The first kappa shape index (κ1) is 11.8. The van der Waals surface area contributed by atoms with Crippen LogP contribution >= 0.6 is 11.3 Å². The molecule has 0 N–H and O–H groups in total. The van der Waals surface area contributed by atoms with Crippen molar-refractivity contribution in [1.29, 1.82) is 0 Å². The highest BCUT2D eigenvalue weighted by Crippen LogP contribution is 2.29. The van der Waals surface area contributed by atoms with Gasteiger partial charge in [-0.05, 0) is 30.5 Å². The molecular formula is C14H15FN2S. The summed E-state index contributed by atoms with van der Waals surface area (Å²) in [5.74, 6) is -0.170. The van der Waals surface area contributed by atoms with Crippen LogP contribution in [-0.4, -0.2) is 15.9 Å². The quantitative estimate of drug-likeness (QED) is 0.820. The summed E-state index contributed by atoms with van der Waals surface area (Å²) >= 11 is 1.63. The fraction of sp³-hybridized carbons (Fsp3) is 0.357. The zero-order valence-electron chi connectivity index (χ0n) is 10.1. The lowest BCUT2D eigenvalue weighted by atomic mass is 10.2. The van der Waals surface area contributed by atoms with Crippen LogP contribution in [0.2, 0.25) is 0 Å². The molecule has 0 bridgehead atoms. The molecule has 4 heteroatoms. The summed E-state index contributed by atoms with van der Waals surface area (Å²) in [4.78, 5) is 6.77. The van der Waals surface area contributed by atoms with E-state index in [1.54, 1.807) is 11.3 Å². The van der Waals surface area contributed by atoms with Crippen LogP contribution in [0.5, 0.6) is 0 Å². The Balaban J connectivity index is 1.68. The second kappa shape index (κ2) is 5.16. The SMILES string of the molecule is Fc1ccc(CN(Cc2cscn2)C2CC2)cc1. The van der Waals surface area contributed by atoms with Gasteiger partial charge in [0.1, 0.15) is 5.82 Å². The summed E-state index contributed by atoms with van der Waals surface area (Å²) in [6, 6.07) is 7.47. The number of thiazole rings is 1. The van der Waals surface area contributed by atoms with Crippen molar-refractivity contribution in [2.24, 2.45) is 0 Å². The predicted molar refractivity (Wildman–Crippen MR) is 70.8 cm³/mol. The maximum atomic E-state index is 12.9. The summed E-state index contributed by atoms with van der Waals surface area (Å²) < 4.78 is 12.9. The molecule has 94 valence electrons. The van der Waals surface area contributed by atoms with Gasteiger partial charge < -0.3 is 0 Å². The van der Waals surface area contributed by atoms with Crippen LogP contribution in [0.1, 0.15) is 24.1 Å². The highest BCUT2D eigenvalue weighted by Gasteiger charge is 2.29. The molecule has 2 nitrogen and oxygen atoms in total. The van der Waals surface area contributed by atoms with Crippen molar-refractivity contribution in [3.05, 3.63) is 52.2 Å². The van der Waals surface area contributed by atoms with Gasteiger partial charge in [0.2, 0.25) is 0 Å². The molecule has 0 atom stereocenters. The number of aromatic nitrogens is 1. The van der Waals surface area contributed by atoms with Crippen LogP contribution < -0.4 is 0 Å². The monoisotopic (exact) mass is 262 g/mol. The largest absolute Gasteiger partial charge is 0.290 e. The van der Waals surface area contributed by atoms with Crippen molar-refractivity contribution in [3.63, 3.8) is 0 Å². The van der Waals surface area contributed by atoms with Gasteiger partial charge in [-0.15, -0.1) is 11.3 Å². The fourth-order valence-corrected chi connectivity index (χ4v) is 2.65. The maximum absolute atomic E-state index is 12.9. The molecule has 3 rings (SSSR count). The lowest BCUT2D eigenvalue weighted by Crippen LogP contribution is -2.25. The van der Waals surface area contributed by atoms with E-state index >= 15 is 0 Å². The molecule has 0 aliphatic heterocycles. The second-order valence-electron chi connectivity index (χ2n) is 4.74. The minimum Gasteiger partial charge on any atom is -0.290 e. The van der Waals surface area contributed by atoms with Crippen LogP contribution in [0.3, 0.4) is 0 Å². The van der Waals surface area contributed by atoms with E-state index < -0.39 is 0 Å². The lowest BCUT2D eigenvalue weighted by Gasteiger charge is -2.21. The summed E-state index contributed by atoms with van der Waals surface area (Å²) in [7, 11) is 0. The first-order valence-electron chi connectivity index (χ1n) is 6.17. The summed E-state index contributed by atoms with van der Waals surface area (Å²) in [5, 5.41) is 2.10. The zero-order valence-corrected chi connectivity index (χ0v) is 10.9. The molecule has 0 amide bonds. The Bertz CT molecular complexity index is 491. The lowest BCUT2D eigenvalue weighted by molar-refractivity contribution is 0.243. The second-order valence-corrected chi connectivity index (χ2v) is 5.46. The van der Waals surface area contributed by atoms with Gasteiger partial charge in [0.25, 0.3) is 0 Å². The van der Waals surface area contributed by atoms with Gasteiger partial charge in [-0.1, -0.05) is 12.1 Å². The van der Waals surface area contributed by atoms with E-state index in [1.807, 2.05) is 17.6 Å². The van der Waals surface area contributed by atoms with Crippen molar-refractivity contribution in [1.82, 2.24) is 9.88 Å². The van der Waals surface area contributed by atoms with Gasteiger partial charge in [0.15, 0.2) is 0 Å². The van der Waals surface area contributed by atoms with Gasteiger partial charge >= 0.3 is 0 Å². The third-order valence-corrected chi connectivity index (χ3v) is 3.85. The molecule has 1 aromatic carbocycles. The highest BCUT2D eigenvalue weighted by molar-refractivity contribution is 7.07. The van der Waals surface area contributed by atoms with E-state index in [9.17, 15) is 4.39 Å². The van der Waals surface area contributed by atoms with Gasteiger partial charge in [0.05, 0.1) is 11.2 Å². The normalized spacial score (nSPS) is 15.2. The van der Waals surface area contributed by atoms with Crippen LogP contribution in [0, 0.1) is 5.82 Å². The van der Waals surface area contributed by atoms with Crippen molar-refractivity contribution in [2.45, 2.75) is 32.0 Å². The third-order valence-electron chi connectivity index (χ3n) is 3.21. The third kappa shape index (κ3) is 2.94. The molecule has 1 heterocycles. The summed E-state index contributed by atoms with van der Waals surface area (Å²) in [6.07, 6.45) is 2.54. The van der Waals surface area contributed by atoms with Crippen molar-refractivity contribution in [2.75, 3.05) is 0 Å². The molecule has 1 aromatic heterocycles. The minimum atomic E-state index is -0.170. The Morgan fingerprint density at radius 3 is 2.61 bits per heavy atom. The van der Waals surface area contributed by atoms with Gasteiger partial charge in [-0.2, -0.15) is 0 Å². The van der Waals surface area contributed by atoms with E-state index in [4.69, 9.17) is 0 Å². The van der Waals surface area contributed by atoms with Gasteiger partial charge in [-0.3, -0.25) is 4.90 Å². The maximum Gasteiger partial charge on any atom is 0.123 e. The first-order chi connectivity index (χ1) is 8.81. The molecule has 1 aliphatic rings. The molecule has 0 unspecified atom stereocenters. The van der Waals surface area contributed by atoms with E-state index in [2.05, 4.69) is 15.3 Å². The minimum absolute atomic E-state index is 0.170. The molecule has 0 radical (unpaired) electrons. The topological polar surface area (TPSA) is 16.1 Å². The van der Waals surface area contributed by atoms with Crippen LogP contribution in [0.15, 0.2) is 35.2 Å². The zero-order chi connectivity index (χ0) is 12.4. The Morgan fingerprint density at radius 2 is 2.00 bits per heavy atom. The molecule has 2 aromatic rings. The Labute approximate surface area is 110 Å². The molecule has 1 fully saturated rings. The van der Waals surface area contributed by atoms with Crippen LogP contribution in [0.25, 0.3) is 0 Å². The molecule has 1 aliphatic carbocycles. The van der Waals surface area contributed by atoms with Gasteiger partial charge in [0, 0.05) is 24.5 Å². The molecule has 0 saturated heterocycles. The van der Waals surface area contributed by atoms with E-state index in [0.717, 1.165) is 18.8 Å². The highest BCUT2D eigenvalue weighted by atomic mass is 32.1. The first-order valence-corrected chi connectivity index (χ1v) is 7.11. The molecule has 1 saturated carbocycles. The number of benzene rings is 1. The van der Waals surface area contributed by atoms with Crippen molar-refractivity contribution >= 4 is 11.3 Å². The average Bonchev–Trinajstić information content (AvgIpc) is 3.10. The molecule has 18 heavy (non-hydrogen) atoms. The van der Waals surface area contributed by atoms with Crippen molar-refractivity contribution in [3.8, 4) is 0 Å². The Hall–Kier alpha value is -1.26. The van der Waals surface area contributed by atoms with Crippen LogP contribution in [0.4, 0.5) is 4.39 Å². The molecular weight excluding hydrogens is 247 g/mol. The van der Waals surface area contributed by atoms with Gasteiger partial charge in [-0.25, -0.2) is 9.37 Å². The smallest absolute Gasteiger partial charge is 0.123 e. The Morgan fingerprint density at radius 1 is 1.22 bits per heavy atom. The van der Waals surface area contributed by atoms with E-state index in [1.165, 1.54) is 30.5 Å². The number of halogens is 1. The summed E-state index contributed by atoms with van der Waals surface area (Å²) in [5.41, 5.74) is 4.17. The molecule has 0 spiro atoms. The Kier molecular flexibility index (Phi) is 3.39. The summed E-state index contributed by atoms with van der Waals surface area (Å²) in [6.45, 7) is 1.77. The average molecular weight is 262 g/mol. The van der Waals surface area contributed by atoms with E-state index in [0.29, 0.717) is 6.04 Å². The fourth-order valence-electron chi connectivity index (χ4n) is 2.10. The predicted octanol–water partition coefficient (Wildman–Crippen LogP) is 3.45. The van der Waals surface area contributed by atoms with Crippen molar-refractivity contribution < 1.29 is 4.39 Å². The number of hydrogen-bond acceptors (Lipinski definition) is 3. The number of hydrogen-bond donors (Lipinski definition) is 0. The van der Waals surface area contributed by atoms with E-state index in [-0.39, 0.29) is 5.82 Å². The number of rotatable bonds is 5. The standard InChI is InChI=1S/C14H15FN2S/c15-12-3-1-11(2-4-12)7-17(14-5-6-14)8-13-9-18-10-16-13/h1-4,9-10,14H,5-8H2. The van der Waals surface area contributed by atoms with Crippen LogP contribution in [-0.2, 0) is 13.1 Å².